The van der Waals surface area contributed by atoms with E-state index in [1.807, 2.05) is 34.6 Å². The van der Waals surface area contributed by atoms with Crippen molar-refractivity contribution in [3.05, 3.63) is 42.7 Å². The average Bonchev–Trinajstić information content (AvgIpc) is 2.72. The van der Waals surface area contributed by atoms with E-state index < -0.39 is 0 Å². The molecule has 0 unspecified atom stereocenters. The van der Waals surface area contributed by atoms with E-state index in [1.165, 1.54) is 11.9 Å². The Hall–Kier alpha value is -2.32. The fraction of sp³-hybridized carbons (Fsp3) is 0.421. The van der Waals surface area contributed by atoms with Gasteiger partial charge in [-0.3, -0.25) is 9.21 Å². The van der Waals surface area contributed by atoms with Crippen LogP contribution in [0.25, 0.3) is 0 Å². The number of carbonyl (C=O) groups is 1. The van der Waals surface area contributed by atoms with E-state index in [0.29, 0.717) is 0 Å². The lowest BCUT2D eigenvalue weighted by Gasteiger charge is -2.34. The summed E-state index contributed by atoms with van der Waals surface area (Å²) in [6.45, 7) is 5.83. The monoisotopic (exact) mass is 384 g/mol. The van der Waals surface area contributed by atoms with Crippen molar-refractivity contribution < 1.29 is 4.79 Å². The third kappa shape index (κ3) is 4.51. The van der Waals surface area contributed by atoms with Crippen LogP contribution >= 0.6 is 11.9 Å². The van der Waals surface area contributed by atoms with Crippen molar-refractivity contribution in [2.24, 2.45) is 0 Å². The van der Waals surface area contributed by atoms with Gasteiger partial charge in [-0.2, -0.15) is 0 Å². The van der Waals surface area contributed by atoms with Gasteiger partial charge in [0.15, 0.2) is 0 Å². The number of hydrogen-bond donors (Lipinski definition) is 1. The molecular formula is C19H24N6OS. The second-order valence-electron chi connectivity index (χ2n) is 6.70. The summed E-state index contributed by atoms with van der Waals surface area (Å²) in [5, 5.41) is 2.96. The molecule has 1 fully saturated rings. The molecule has 2 aliphatic rings. The number of urea groups is 1. The lowest BCUT2D eigenvalue weighted by molar-refractivity contribution is 0.233. The molecule has 0 radical (unpaired) electrons. The number of anilines is 2. The van der Waals surface area contributed by atoms with Crippen LogP contribution in [0.5, 0.6) is 0 Å². The highest BCUT2D eigenvalue weighted by Gasteiger charge is 2.23. The van der Waals surface area contributed by atoms with Gasteiger partial charge in [0.25, 0.3) is 0 Å². The van der Waals surface area contributed by atoms with Crippen molar-refractivity contribution in [2.75, 3.05) is 49.5 Å². The van der Waals surface area contributed by atoms with Gasteiger partial charge in [0.2, 0.25) is 5.95 Å². The maximum atomic E-state index is 12.2. The first-order valence-electron chi connectivity index (χ1n) is 9.39. The molecule has 4 rings (SSSR count). The van der Waals surface area contributed by atoms with Crippen molar-refractivity contribution in [3.8, 4) is 0 Å². The van der Waals surface area contributed by atoms with Crippen molar-refractivity contribution in [1.82, 2.24) is 19.2 Å². The van der Waals surface area contributed by atoms with Gasteiger partial charge in [-0.1, -0.05) is 12.1 Å². The Morgan fingerprint density at radius 1 is 0.963 bits per heavy atom. The molecule has 2 amide bonds. The molecule has 1 aromatic carbocycles. The molecule has 2 aromatic rings. The van der Waals surface area contributed by atoms with E-state index >= 15 is 0 Å². The third-order valence-electron chi connectivity index (χ3n) is 4.86. The Balaban J connectivity index is 1.17. The average molecular weight is 385 g/mol. The number of nitrogens with zero attached hydrogens (tertiary/aromatic N) is 5. The zero-order valence-electron chi connectivity index (χ0n) is 15.3. The maximum absolute atomic E-state index is 12.2. The van der Waals surface area contributed by atoms with E-state index in [0.717, 1.165) is 68.6 Å². The van der Waals surface area contributed by atoms with E-state index in [2.05, 4.69) is 25.1 Å². The summed E-state index contributed by atoms with van der Waals surface area (Å²) in [6, 6.07) is 9.76. The third-order valence-corrected chi connectivity index (χ3v) is 5.98. The van der Waals surface area contributed by atoms with Crippen LogP contribution < -0.4 is 10.2 Å². The Morgan fingerprint density at radius 2 is 1.70 bits per heavy atom. The minimum absolute atomic E-state index is 0.0184. The van der Waals surface area contributed by atoms with Crippen LogP contribution in [0.1, 0.15) is 12.8 Å². The lowest BCUT2D eigenvalue weighted by Crippen LogP contribution is -2.47. The Bertz CT molecular complexity index is 766. The van der Waals surface area contributed by atoms with Crippen molar-refractivity contribution in [1.29, 1.82) is 0 Å². The van der Waals surface area contributed by atoms with Crippen molar-refractivity contribution in [3.63, 3.8) is 0 Å². The molecule has 1 saturated heterocycles. The fourth-order valence-electron chi connectivity index (χ4n) is 3.35. The number of para-hydroxylation sites is 1. The van der Waals surface area contributed by atoms with Gasteiger partial charge < -0.3 is 10.2 Å². The van der Waals surface area contributed by atoms with Crippen LogP contribution in [0.3, 0.4) is 0 Å². The molecule has 3 heterocycles. The summed E-state index contributed by atoms with van der Waals surface area (Å²) in [5.41, 5.74) is 0.906. The number of amides is 2. The van der Waals surface area contributed by atoms with Crippen LogP contribution in [-0.4, -0.2) is 64.5 Å². The minimum Gasteiger partial charge on any atom is -0.338 e. The topological polar surface area (TPSA) is 64.6 Å². The molecule has 142 valence electrons. The summed E-state index contributed by atoms with van der Waals surface area (Å²) in [5.74, 6) is 0.825. The molecule has 0 aliphatic carbocycles. The van der Waals surface area contributed by atoms with Crippen molar-refractivity contribution >= 4 is 29.6 Å². The summed E-state index contributed by atoms with van der Waals surface area (Å²) in [4.78, 5) is 26.7. The highest BCUT2D eigenvalue weighted by atomic mass is 32.2. The summed E-state index contributed by atoms with van der Waals surface area (Å²) < 4.78 is 1.83. The maximum Gasteiger partial charge on any atom is 0.332 e. The SMILES string of the molecule is O=C1Nc2ccccc2SN1CCCCN1CCN(c2ncccn2)CC1. The molecule has 8 heteroatoms. The summed E-state index contributed by atoms with van der Waals surface area (Å²) in [6.07, 6.45) is 5.68. The molecule has 7 nitrogen and oxygen atoms in total. The molecule has 0 spiro atoms. The fourth-order valence-corrected chi connectivity index (χ4v) is 4.29. The van der Waals surface area contributed by atoms with E-state index in [9.17, 15) is 4.79 Å². The highest BCUT2D eigenvalue weighted by molar-refractivity contribution is 7.97. The molecule has 1 aromatic heterocycles. The van der Waals surface area contributed by atoms with E-state index in [-0.39, 0.29) is 6.03 Å². The van der Waals surface area contributed by atoms with Gasteiger partial charge in [0, 0.05) is 45.1 Å². The van der Waals surface area contributed by atoms with E-state index in [1.54, 1.807) is 12.4 Å². The van der Waals surface area contributed by atoms with Crippen LogP contribution in [-0.2, 0) is 0 Å². The largest absolute Gasteiger partial charge is 0.338 e. The highest BCUT2D eigenvalue weighted by Crippen LogP contribution is 2.34. The number of benzene rings is 1. The van der Waals surface area contributed by atoms with Gasteiger partial charge in [0.05, 0.1) is 10.6 Å². The Labute approximate surface area is 163 Å². The quantitative estimate of drug-likeness (QED) is 0.610. The number of carbonyl (C=O) groups excluding carboxylic acids is 1. The molecule has 2 aliphatic heterocycles. The van der Waals surface area contributed by atoms with Crippen LogP contribution in [0.2, 0.25) is 0 Å². The molecule has 0 saturated carbocycles. The number of fused-ring (bicyclic) bond motifs is 1. The smallest absolute Gasteiger partial charge is 0.332 e. The predicted molar refractivity (Wildman–Crippen MR) is 108 cm³/mol. The van der Waals surface area contributed by atoms with Gasteiger partial charge >= 0.3 is 6.03 Å². The molecular weight excluding hydrogens is 360 g/mol. The predicted octanol–water partition coefficient (Wildman–Crippen LogP) is 2.93. The number of aromatic nitrogens is 2. The second kappa shape index (κ2) is 8.58. The zero-order chi connectivity index (χ0) is 18.5. The number of piperazine rings is 1. The van der Waals surface area contributed by atoms with Crippen LogP contribution in [0, 0.1) is 0 Å². The first kappa shape index (κ1) is 18.1. The Kier molecular flexibility index (Phi) is 5.74. The number of rotatable bonds is 6. The Morgan fingerprint density at radius 3 is 2.52 bits per heavy atom. The number of nitrogens with one attached hydrogen (secondary N) is 1. The standard InChI is InChI=1S/C19H24N6OS/c26-19-22-16-6-1-2-7-17(16)27-25(19)11-4-3-10-23-12-14-24(15-13-23)18-20-8-5-9-21-18/h1-2,5-9H,3-4,10-15H2,(H,22,26). The zero-order valence-corrected chi connectivity index (χ0v) is 16.1. The van der Waals surface area contributed by atoms with Crippen LogP contribution in [0.15, 0.2) is 47.6 Å². The number of unbranched alkanes of at least 4 members (excludes halogenated alkanes) is 1. The first-order chi connectivity index (χ1) is 13.3. The molecule has 1 N–H and O–H groups in total. The summed E-state index contributed by atoms with van der Waals surface area (Å²) >= 11 is 1.54. The molecule has 0 bridgehead atoms. The van der Waals surface area contributed by atoms with Gasteiger partial charge in [-0.25, -0.2) is 14.8 Å². The van der Waals surface area contributed by atoms with Crippen molar-refractivity contribution in [2.45, 2.75) is 17.7 Å². The normalized spacial score (nSPS) is 17.6. The second-order valence-corrected chi connectivity index (χ2v) is 7.77. The van der Waals surface area contributed by atoms with Gasteiger partial charge in [0.1, 0.15) is 0 Å². The van der Waals surface area contributed by atoms with E-state index in [4.69, 9.17) is 0 Å². The molecule has 27 heavy (non-hydrogen) atoms. The minimum atomic E-state index is -0.0184. The van der Waals surface area contributed by atoms with Gasteiger partial charge in [-0.05, 0) is 49.5 Å². The lowest BCUT2D eigenvalue weighted by atomic mass is 10.2. The summed E-state index contributed by atoms with van der Waals surface area (Å²) in [7, 11) is 0. The number of hydrogen-bond acceptors (Lipinski definition) is 6. The first-order valence-corrected chi connectivity index (χ1v) is 10.2. The molecule has 0 atom stereocenters. The van der Waals surface area contributed by atoms with Gasteiger partial charge in [-0.15, -0.1) is 0 Å². The van der Waals surface area contributed by atoms with Crippen LogP contribution in [0.4, 0.5) is 16.4 Å².